The van der Waals surface area contributed by atoms with Crippen molar-refractivity contribution < 1.29 is 27.1 Å². The number of ether oxygens (including phenoxy) is 1. The number of pyridine rings is 1. The van der Waals surface area contributed by atoms with E-state index in [2.05, 4.69) is 30.9 Å². The molecule has 0 bridgehead atoms. The highest BCUT2D eigenvalue weighted by molar-refractivity contribution is 6.00. The van der Waals surface area contributed by atoms with Crippen LogP contribution < -0.4 is 20.7 Å². The van der Waals surface area contributed by atoms with Crippen LogP contribution in [0.3, 0.4) is 0 Å². The minimum Gasteiger partial charge on any atom is -0.438 e. The first-order valence-corrected chi connectivity index (χ1v) is 10.8. The number of halogens is 4. The van der Waals surface area contributed by atoms with Crippen molar-refractivity contribution in [1.82, 2.24) is 15.0 Å². The summed E-state index contributed by atoms with van der Waals surface area (Å²) >= 11 is 0. The molecule has 2 amide bonds. The van der Waals surface area contributed by atoms with Gasteiger partial charge in [-0.1, -0.05) is 0 Å². The lowest BCUT2D eigenvalue weighted by atomic mass is 10.1. The SMILES string of the molecule is CNc1nccc(-c2cccnc2Oc2ccc(NC(=O)Nc3cc(C(F)(F)F)ccc3F)cc2C)n1. The lowest BCUT2D eigenvalue weighted by molar-refractivity contribution is -0.137. The Morgan fingerprint density at radius 1 is 0.973 bits per heavy atom. The summed E-state index contributed by atoms with van der Waals surface area (Å²) in [5.41, 5.74) is 0.475. The number of carbonyl (C=O) groups is 1. The number of rotatable bonds is 6. The summed E-state index contributed by atoms with van der Waals surface area (Å²) in [6, 6.07) is 10.8. The van der Waals surface area contributed by atoms with Gasteiger partial charge in [0.1, 0.15) is 11.6 Å². The van der Waals surface area contributed by atoms with Crippen LogP contribution in [-0.4, -0.2) is 28.0 Å². The Balaban J connectivity index is 1.49. The molecule has 37 heavy (non-hydrogen) atoms. The van der Waals surface area contributed by atoms with E-state index in [1.165, 1.54) is 6.07 Å². The number of amides is 2. The summed E-state index contributed by atoms with van der Waals surface area (Å²) in [5.74, 6) is 0.171. The number of aryl methyl sites for hydroxylation is 1. The number of nitrogens with zero attached hydrogens (tertiary/aromatic N) is 3. The standard InChI is InChI=1S/C25H20F4N6O2/c1-14-12-16(33-24(36)35-20-13-15(25(27,28)29)5-7-18(20)26)6-8-21(14)37-22-17(4-3-10-31-22)19-9-11-32-23(30-2)34-19/h3-13H,1-2H3,(H,30,32,34)(H2,33,35,36). The van der Waals surface area contributed by atoms with Gasteiger partial charge >= 0.3 is 12.2 Å². The van der Waals surface area contributed by atoms with Gasteiger partial charge < -0.3 is 20.7 Å². The molecule has 3 N–H and O–H groups in total. The number of alkyl halides is 3. The van der Waals surface area contributed by atoms with Crippen LogP contribution in [-0.2, 0) is 6.18 Å². The quantitative estimate of drug-likeness (QED) is 0.256. The zero-order valence-electron chi connectivity index (χ0n) is 19.5. The predicted molar refractivity (Wildman–Crippen MR) is 130 cm³/mol. The first-order valence-electron chi connectivity index (χ1n) is 10.8. The highest BCUT2D eigenvalue weighted by atomic mass is 19.4. The fourth-order valence-corrected chi connectivity index (χ4v) is 3.32. The van der Waals surface area contributed by atoms with Gasteiger partial charge in [-0.3, -0.25) is 0 Å². The van der Waals surface area contributed by atoms with Gasteiger partial charge in [0.25, 0.3) is 0 Å². The van der Waals surface area contributed by atoms with Crippen LogP contribution >= 0.6 is 0 Å². The molecule has 2 heterocycles. The van der Waals surface area contributed by atoms with E-state index in [1.54, 1.807) is 56.7 Å². The van der Waals surface area contributed by atoms with Crippen molar-refractivity contribution in [2.75, 3.05) is 23.0 Å². The summed E-state index contributed by atoms with van der Waals surface area (Å²) in [6.45, 7) is 1.73. The molecule has 0 aliphatic rings. The fraction of sp³-hybridized carbons (Fsp3) is 0.120. The molecule has 2 aromatic heterocycles. The number of urea groups is 1. The molecule has 0 aliphatic heterocycles. The van der Waals surface area contributed by atoms with Crippen LogP contribution in [0, 0.1) is 12.7 Å². The molecule has 0 spiro atoms. The Kier molecular flexibility index (Phi) is 7.18. The van der Waals surface area contributed by atoms with E-state index >= 15 is 0 Å². The molecule has 0 saturated carbocycles. The Bertz CT molecular complexity index is 1450. The molecular formula is C25H20F4N6O2. The molecule has 0 atom stereocenters. The van der Waals surface area contributed by atoms with Crippen LogP contribution in [0.1, 0.15) is 11.1 Å². The van der Waals surface area contributed by atoms with Crippen LogP contribution in [0.2, 0.25) is 0 Å². The Morgan fingerprint density at radius 2 is 1.78 bits per heavy atom. The molecule has 0 fully saturated rings. The molecule has 12 heteroatoms. The van der Waals surface area contributed by atoms with Gasteiger partial charge in [-0.15, -0.1) is 0 Å². The van der Waals surface area contributed by atoms with Gasteiger partial charge in [-0.25, -0.2) is 24.1 Å². The second kappa shape index (κ2) is 10.5. The van der Waals surface area contributed by atoms with E-state index in [0.717, 1.165) is 0 Å². The van der Waals surface area contributed by atoms with Crippen LogP contribution in [0.15, 0.2) is 67.0 Å². The number of benzene rings is 2. The van der Waals surface area contributed by atoms with Crippen molar-refractivity contribution in [3.8, 4) is 22.9 Å². The lowest BCUT2D eigenvalue weighted by Crippen LogP contribution is -2.20. The smallest absolute Gasteiger partial charge is 0.416 e. The number of hydrogen-bond acceptors (Lipinski definition) is 6. The normalized spacial score (nSPS) is 11.1. The average Bonchev–Trinajstić information content (AvgIpc) is 2.86. The molecular weight excluding hydrogens is 492 g/mol. The number of anilines is 3. The van der Waals surface area contributed by atoms with Gasteiger partial charge in [0.2, 0.25) is 11.8 Å². The van der Waals surface area contributed by atoms with E-state index in [1.807, 2.05) is 0 Å². The van der Waals surface area contributed by atoms with Gasteiger partial charge in [0.05, 0.1) is 22.5 Å². The van der Waals surface area contributed by atoms with E-state index in [0.29, 0.717) is 58.3 Å². The molecule has 2 aromatic carbocycles. The van der Waals surface area contributed by atoms with E-state index in [9.17, 15) is 22.4 Å². The molecule has 4 aromatic rings. The number of aromatic nitrogens is 3. The molecule has 0 aliphatic carbocycles. The first kappa shape index (κ1) is 25.4. The van der Waals surface area contributed by atoms with Gasteiger partial charge in [-0.05, 0) is 67.1 Å². The zero-order chi connectivity index (χ0) is 26.6. The van der Waals surface area contributed by atoms with Crippen LogP contribution in [0.5, 0.6) is 11.6 Å². The largest absolute Gasteiger partial charge is 0.438 e. The second-order valence-electron chi connectivity index (χ2n) is 7.73. The van der Waals surface area contributed by atoms with E-state index in [4.69, 9.17) is 4.74 Å². The van der Waals surface area contributed by atoms with Crippen LogP contribution in [0.25, 0.3) is 11.3 Å². The lowest BCUT2D eigenvalue weighted by Gasteiger charge is -2.14. The monoisotopic (exact) mass is 512 g/mol. The zero-order valence-corrected chi connectivity index (χ0v) is 19.5. The maximum Gasteiger partial charge on any atom is 0.416 e. The Hall–Kier alpha value is -4.74. The molecule has 0 saturated heterocycles. The van der Waals surface area contributed by atoms with Crippen molar-refractivity contribution in [3.63, 3.8) is 0 Å². The number of nitrogens with one attached hydrogen (secondary N) is 3. The summed E-state index contributed by atoms with van der Waals surface area (Å²) in [7, 11) is 1.70. The third kappa shape index (κ3) is 6.10. The topological polar surface area (TPSA) is 101 Å². The third-order valence-electron chi connectivity index (χ3n) is 5.11. The van der Waals surface area contributed by atoms with Crippen molar-refractivity contribution in [2.24, 2.45) is 0 Å². The van der Waals surface area contributed by atoms with Crippen LogP contribution in [0.4, 0.5) is 39.7 Å². The van der Waals surface area contributed by atoms with Crippen molar-refractivity contribution >= 4 is 23.4 Å². The maximum atomic E-state index is 13.9. The number of carbonyl (C=O) groups excluding carboxylic acids is 1. The minimum atomic E-state index is -4.68. The Labute approximate surface area is 208 Å². The predicted octanol–water partition coefficient (Wildman–Crippen LogP) is 6.48. The molecule has 190 valence electrons. The third-order valence-corrected chi connectivity index (χ3v) is 5.11. The van der Waals surface area contributed by atoms with Gasteiger partial charge in [0.15, 0.2) is 0 Å². The molecule has 0 radical (unpaired) electrons. The summed E-state index contributed by atoms with van der Waals surface area (Å²) in [6.07, 6.45) is -1.50. The van der Waals surface area contributed by atoms with Crippen molar-refractivity contribution in [1.29, 1.82) is 0 Å². The molecule has 4 rings (SSSR count). The number of hydrogen-bond donors (Lipinski definition) is 3. The highest BCUT2D eigenvalue weighted by Crippen LogP contribution is 2.34. The molecule has 0 unspecified atom stereocenters. The molecule has 8 nitrogen and oxygen atoms in total. The first-order chi connectivity index (χ1) is 17.6. The van der Waals surface area contributed by atoms with Gasteiger partial charge in [0, 0.05) is 25.1 Å². The maximum absolute atomic E-state index is 13.9. The summed E-state index contributed by atoms with van der Waals surface area (Å²) < 4.78 is 58.6. The van der Waals surface area contributed by atoms with E-state index < -0.39 is 29.3 Å². The Morgan fingerprint density at radius 3 is 2.51 bits per heavy atom. The highest BCUT2D eigenvalue weighted by Gasteiger charge is 2.31. The van der Waals surface area contributed by atoms with Crippen molar-refractivity contribution in [3.05, 3.63) is 83.9 Å². The summed E-state index contributed by atoms with van der Waals surface area (Å²) in [5, 5.41) is 7.43. The average molecular weight is 512 g/mol. The van der Waals surface area contributed by atoms with E-state index in [-0.39, 0.29) is 0 Å². The fourth-order valence-electron chi connectivity index (χ4n) is 3.32. The minimum absolute atomic E-state index is 0.296. The summed E-state index contributed by atoms with van der Waals surface area (Å²) in [4.78, 5) is 25.1. The second-order valence-corrected chi connectivity index (χ2v) is 7.73. The van der Waals surface area contributed by atoms with Gasteiger partial charge in [-0.2, -0.15) is 13.2 Å². The van der Waals surface area contributed by atoms with Crippen molar-refractivity contribution in [2.45, 2.75) is 13.1 Å².